The van der Waals surface area contributed by atoms with Gasteiger partial charge in [-0.05, 0) is 56.4 Å². The van der Waals surface area contributed by atoms with Gasteiger partial charge in [0.2, 0.25) is 0 Å². The number of amides is 2. The second-order valence-electron chi connectivity index (χ2n) is 8.29. The molecule has 2 amide bonds. The lowest BCUT2D eigenvalue weighted by molar-refractivity contribution is 0.0668. The van der Waals surface area contributed by atoms with Gasteiger partial charge in [-0.15, -0.1) is 0 Å². The zero-order valence-corrected chi connectivity index (χ0v) is 17.4. The van der Waals surface area contributed by atoms with E-state index in [4.69, 9.17) is 4.42 Å². The highest BCUT2D eigenvalue weighted by molar-refractivity contribution is 5.94. The Morgan fingerprint density at radius 1 is 1.43 bits per heavy atom. The maximum absolute atomic E-state index is 12.6. The van der Waals surface area contributed by atoms with Crippen LogP contribution in [0.3, 0.4) is 0 Å². The summed E-state index contributed by atoms with van der Waals surface area (Å²) in [6, 6.07) is 1.72. The number of likely N-dealkylation sites (tertiary alicyclic amines) is 1. The van der Waals surface area contributed by atoms with Crippen LogP contribution >= 0.6 is 0 Å². The topological polar surface area (TPSA) is 92.7 Å². The molecule has 158 valence electrons. The highest BCUT2D eigenvalue weighted by Crippen LogP contribution is 2.59. The number of hydrogen-bond donors (Lipinski definition) is 1. The van der Waals surface area contributed by atoms with Crippen LogP contribution in [0.4, 0.5) is 0 Å². The maximum Gasteiger partial charge on any atom is 0.287 e. The SMILES string of the molecule is C=N/C=C\c1cc(C(=O)NCC2CC23CCN(C(=O)c2cnn(C)c2)CC3)oc1C. The van der Waals surface area contributed by atoms with Gasteiger partial charge in [-0.25, -0.2) is 0 Å². The Labute approximate surface area is 175 Å². The molecule has 2 aromatic rings. The van der Waals surface area contributed by atoms with Gasteiger partial charge in [-0.3, -0.25) is 19.3 Å². The number of carbonyl (C=O) groups excluding carboxylic acids is 2. The number of aliphatic imine (C=N–C) groups is 1. The molecule has 8 nitrogen and oxygen atoms in total. The number of piperidine rings is 1. The smallest absolute Gasteiger partial charge is 0.287 e. The van der Waals surface area contributed by atoms with E-state index in [-0.39, 0.29) is 17.2 Å². The molecule has 2 aliphatic rings. The molecular formula is C22H27N5O3. The Morgan fingerprint density at radius 2 is 2.20 bits per heavy atom. The van der Waals surface area contributed by atoms with Crippen molar-refractivity contribution >= 4 is 24.6 Å². The third kappa shape index (κ3) is 3.94. The first-order valence-corrected chi connectivity index (χ1v) is 10.2. The summed E-state index contributed by atoms with van der Waals surface area (Å²) in [6.07, 6.45) is 9.75. The van der Waals surface area contributed by atoms with E-state index in [0.29, 0.717) is 29.5 Å². The Morgan fingerprint density at radius 3 is 2.87 bits per heavy atom. The Kier molecular flexibility index (Phi) is 5.32. The third-order valence-electron chi connectivity index (χ3n) is 6.41. The average Bonchev–Trinajstić information content (AvgIpc) is 3.03. The quantitative estimate of drug-likeness (QED) is 0.743. The molecule has 1 aliphatic heterocycles. The fourth-order valence-corrected chi connectivity index (χ4v) is 4.41. The van der Waals surface area contributed by atoms with Crippen molar-refractivity contribution in [3.63, 3.8) is 0 Å². The van der Waals surface area contributed by atoms with Gasteiger partial charge in [0.05, 0.1) is 11.8 Å². The van der Waals surface area contributed by atoms with Crippen molar-refractivity contribution in [1.29, 1.82) is 0 Å². The van der Waals surface area contributed by atoms with Crippen molar-refractivity contribution < 1.29 is 14.0 Å². The number of nitrogens with one attached hydrogen (secondary N) is 1. The van der Waals surface area contributed by atoms with E-state index in [1.807, 2.05) is 18.9 Å². The van der Waals surface area contributed by atoms with Crippen LogP contribution in [0.2, 0.25) is 0 Å². The van der Waals surface area contributed by atoms with Crippen LogP contribution in [-0.4, -0.2) is 52.8 Å². The van der Waals surface area contributed by atoms with E-state index in [2.05, 4.69) is 22.1 Å². The minimum Gasteiger partial charge on any atom is -0.456 e. The van der Waals surface area contributed by atoms with Crippen LogP contribution in [0.25, 0.3) is 6.08 Å². The van der Waals surface area contributed by atoms with Crippen molar-refractivity contribution in [2.45, 2.75) is 26.2 Å². The van der Waals surface area contributed by atoms with Crippen molar-refractivity contribution in [3.05, 3.63) is 47.3 Å². The summed E-state index contributed by atoms with van der Waals surface area (Å²) in [6.45, 7) is 7.36. The minimum absolute atomic E-state index is 0.0492. The highest BCUT2D eigenvalue weighted by atomic mass is 16.3. The molecule has 3 heterocycles. The maximum atomic E-state index is 12.6. The van der Waals surface area contributed by atoms with E-state index in [0.717, 1.165) is 37.9 Å². The zero-order valence-electron chi connectivity index (χ0n) is 17.4. The number of furan rings is 1. The van der Waals surface area contributed by atoms with Gasteiger partial charge >= 0.3 is 0 Å². The van der Waals surface area contributed by atoms with Gasteiger partial charge in [0, 0.05) is 44.6 Å². The van der Waals surface area contributed by atoms with Gasteiger partial charge in [0.15, 0.2) is 5.76 Å². The third-order valence-corrected chi connectivity index (χ3v) is 6.41. The largest absolute Gasteiger partial charge is 0.456 e. The van der Waals surface area contributed by atoms with Crippen molar-refractivity contribution in [3.8, 4) is 0 Å². The predicted octanol–water partition coefficient (Wildman–Crippen LogP) is 2.67. The molecule has 30 heavy (non-hydrogen) atoms. The highest BCUT2D eigenvalue weighted by Gasteiger charge is 2.54. The lowest BCUT2D eigenvalue weighted by Gasteiger charge is -2.32. The Bertz CT molecular complexity index is 994. The van der Waals surface area contributed by atoms with Gasteiger partial charge in [0.25, 0.3) is 11.8 Å². The molecule has 0 bridgehead atoms. The molecule has 1 spiro atoms. The summed E-state index contributed by atoms with van der Waals surface area (Å²) >= 11 is 0. The molecule has 4 rings (SSSR count). The molecule has 1 atom stereocenters. The van der Waals surface area contributed by atoms with Crippen LogP contribution in [-0.2, 0) is 7.05 Å². The van der Waals surface area contributed by atoms with Crippen molar-refractivity contribution in [1.82, 2.24) is 20.0 Å². The number of aromatic nitrogens is 2. The fraction of sp³-hybridized carbons (Fsp3) is 0.455. The average molecular weight is 409 g/mol. The van der Waals surface area contributed by atoms with Gasteiger partial charge < -0.3 is 14.6 Å². The van der Waals surface area contributed by atoms with Gasteiger partial charge in [-0.2, -0.15) is 5.10 Å². The normalized spacial score (nSPS) is 19.9. The summed E-state index contributed by atoms with van der Waals surface area (Å²) in [4.78, 5) is 30.6. The first-order valence-electron chi connectivity index (χ1n) is 10.2. The number of hydrogen-bond acceptors (Lipinski definition) is 5. The number of rotatable bonds is 6. The van der Waals surface area contributed by atoms with Gasteiger partial charge in [-0.1, -0.05) is 0 Å². The van der Waals surface area contributed by atoms with Crippen LogP contribution in [0.5, 0.6) is 0 Å². The number of carbonyl (C=O) groups is 2. The first kappa shape index (κ1) is 20.1. The lowest BCUT2D eigenvalue weighted by Crippen LogP contribution is -2.40. The van der Waals surface area contributed by atoms with Crippen LogP contribution in [0.1, 0.15) is 51.5 Å². The molecule has 2 aromatic heterocycles. The summed E-state index contributed by atoms with van der Waals surface area (Å²) in [5.41, 5.74) is 1.71. The van der Waals surface area contributed by atoms with Crippen molar-refractivity contribution in [2.75, 3.05) is 19.6 Å². The minimum atomic E-state index is -0.199. The zero-order chi connectivity index (χ0) is 21.3. The van der Waals surface area contributed by atoms with E-state index >= 15 is 0 Å². The summed E-state index contributed by atoms with van der Waals surface area (Å²) in [7, 11) is 1.81. The fourth-order valence-electron chi connectivity index (χ4n) is 4.41. The van der Waals surface area contributed by atoms with Crippen LogP contribution in [0.15, 0.2) is 34.1 Å². The monoisotopic (exact) mass is 409 g/mol. The lowest BCUT2D eigenvalue weighted by atomic mass is 9.90. The molecule has 0 aromatic carbocycles. The second kappa shape index (κ2) is 7.93. The number of aryl methyl sites for hydroxylation is 2. The molecular weight excluding hydrogens is 382 g/mol. The molecule has 1 saturated carbocycles. The molecule has 1 unspecified atom stereocenters. The van der Waals surface area contributed by atoms with Crippen molar-refractivity contribution in [2.24, 2.45) is 23.4 Å². The first-order chi connectivity index (χ1) is 14.4. The summed E-state index contributed by atoms with van der Waals surface area (Å²) in [5.74, 6) is 1.29. The Hall–Kier alpha value is -3.16. The number of nitrogens with zero attached hydrogens (tertiary/aromatic N) is 4. The molecule has 1 aliphatic carbocycles. The molecule has 2 fully saturated rings. The predicted molar refractivity (Wildman–Crippen MR) is 113 cm³/mol. The summed E-state index contributed by atoms with van der Waals surface area (Å²) < 4.78 is 7.22. The molecule has 1 saturated heterocycles. The Balaban J connectivity index is 1.26. The van der Waals surface area contributed by atoms with Crippen LogP contribution in [0, 0.1) is 18.3 Å². The summed E-state index contributed by atoms with van der Waals surface area (Å²) in [5, 5.41) is 7.09. The molecule has 8 heteroatoms. The standard InChI is InChI=1S/C22H27N5O3/c1-15-16(4-7-23-2)10-19(30-15)20(28)24-13-18-11-22(18)5-8-27(9-6-22)21(29)17-12-25-26(3)14-17/h4,7,10,12,14,18H,2,5-6,8-9,11,13H2,1,3H3,(H,24,28)/b7-4-. The van der Waals surface area contributed by atoms with Gasteiger partial charge in [0.1, 0.15) is 5.76 Å². The van der Waals surface area contributed by atoms with Crippen LogP contribution < -0.4 is 5.32 Å². The van der Waals surface area contributed by atoms with E-state index < -0.39 is 0 Å². The molecule has 0 radical (unpaired) electrons. The van der Waals surface area contributed by atoms with E-state index in [1.54, 1.807) is 35.4 Å². The van der Waals surface area contributed by atoms with E-state index in [1.165, 1.54) is 0 Å². The van der Waals surface area contributed by atoms with E-state index in [9.17, 15) is 9.59 Å². The second-order valence-corrected chi connectivity index (χ2v) is 8.29. The molecule has 1 N–H and O–H groups in total.